The van der Waals surface area contributed by atoms with E-state index in [2.05, 4.69) is 20.5 Å². The van der Waals surface area contributed by atoms with Crippen LogP contribution in [0.25, 0.3) is 11.4 Å². The van der Waals surface area contributed by atoms with E-state index in [1.54, 1.807) is 18.2 Å². The number of aliphatic hydroxyl groups is 1. The number of rotatable bonds is 6. The summed E-state index contributed by atoms with van der Waals surface area (Å²) >= 11 is 0. The van der Waals surface area contributed by atoms with Gasteiger partial charge in [0.1, 0.15) is 5.82 Å². The van der Waals surface area contributed by atoms with Gasteiger partial charge in [-0.1, -0.05) is 19.1 Å². The van der Waals surface area contributed by atoms with Crippen LogP contribution in [0.1, 0.15) is 35.9 Å². The van der Waals surface area contributed by atoms with Gasteiger partial charge in [-0.3, -0.25) is 9.89 Å². The lowest BCUT2D eigenvalue weighted by molar-refractivity contribution is 0.0942. The summed E-state index contributed by atoms with van der Waals surface area (Å²) in [5.74, 6) is 1.14. The molecule has 1 amide bonds. The van der Waals surface area contributed by atoms with Gasteiger partial charge in [0.15, 0.2) is 5.82 Å². The van der Waals surface area contributed by atoms with Gasteiger partial charge in [0.25, 0.3) is 5.91 Å². The molecule has 21 heavy (non-hydrogen) atoms. The molecule has 1 heterocycles. The molecule has 3 N–H and O–H groups in total. The molecule has 0 radical (unpaired) electrons. The Kier molecular flexibility index (Phi) is 5.05. The Morgan fingerprint density at radius 1 is 1.48 bits per heavy atom. The molecule has 1 aromatic heterocycles. The maximum atomic E-state index is 12.1. The van der Waals surface area contributed by atoms with Crippen molar-refractivity contribution in [3.05, 3.63) is 35.7 Å². The number of carbonyl (C=O) groups excluding carboxylic acids is 1. The van der Waals surface area contributed by atoms with E-state index in [0.29, 0.717) is 30.8 Å². The molecule has 2 rings (SSSR count). The molecule has 1 aromatic carbocycles. The third-order valence-electron chi connectivity index (χ3n) is 3.21. The van der Waals surface area contributed by atoms with Gasteiger partial charge >= 0.3 is 0 Å². The standard InChI is InChI=1S/C15H20N4O2/c1-3-13(20)7-8-16-15(21)12-6-4-5-11(9-12)14-17-10(2)18-19-14/h4-6,9,13,20H,3,7-8H2,1-2H3,(H,16,21)(H,17,18,19). The Morgan fingerprint density at radius 2 is 2.29 bits per heavy atom. The molecule has 0 saturated heterocycles. The van der Waals surface area contributed by atoms with Gasteiger partial charge in [0.05, 0.1) is 6.10 Å². The highest BCUT2D eigenvalue weighted by Gasteiger charge is 2.10. The highest BCUT2D eigenvalue weighted by molar-refractivity contribution is 5.95. The van der Waals surface area contributed by atoms with E-state index >= 15 is 0 Å². The van der Waals surface area contributed by atoms with Gasteiger partial charge in [-0.05, 0) is 31.9 Å². The number of aromatic nitrogens is 3. The van der Waals surface area contributed by atoms with Crippen molar-refractivity contribution in [2.24, 2.45) is 0 Å². The minimum atomic E-state index is -0.368. The molecule has 6 heteroatoms. The molecule has 2 aromatic rings. The van der Waals surface area contributed by atoms with Crippen molar-refractivity contribution >= 4 is 5.91 Å². The van der Waals surface area contributed by atoms with Crippen molar-refractivity contribution in [1.82, 2.24) is 20.5 Å². The molecule has 6 nitrogen and oxygen atoms in total. The highest BCUT2D eigenvalue weighted by Crippen LogP contribution is 2.16. The molecule has 0 fully saturated rings. The second-order valence-corrected chi connectivity index (χ2v) is 4.93. The summed E-state index contributed by atoms with van der Waals surface area (Å²) in [7, 11) is 0. The molecule has 1 atom stereocenters. The minimum absolute atomic E-state index is 0.160. The van der Waals surface area contributed by atoms with Crippen LogP contribution in [-0.2, 0) is 0 Å². The fraction of sp³-hybridized carbons (Fsp3) is 0.400. The van der Waals surface area contributed by atoms with E-state index in [4.69, 9.17) is 0 Å². The molecule has 0 aliphatic heterocycles. The van der Waals surface area contributed by atoms with Crippen LogP contribution in [0.2, 0.25) is 0 Å². The number of hydrogen-bond acceptors (Lipinski definition) is 4. The third kappa shape index (κ3) is 4.13. The summed E-state index contributed by atoms with van der Waals surface area (Å²) < 4.78 is 0. The minimum Gasteiger partial charge on any atom is -0.393 e. The zero-order valence-corrected chi connectivity index (χ0v) is 12.3. The molecule has 0 aliphatic rings. The van der Waals surface area contributed by atoms with Crippen LogP contribution < -0.4 is 5.32 Å². The van der Waals surface area contributed by atoms with Gasteiger partial charge in [0.2, 0.25) is 0 Å². The van der Waals surface area contributed by atoms with Gasteiger partial charge in [-0.15, -0.1) is 0 Å². The normalized spacial score (nSPS) is 12.1. The predicted octanol–water partition coefficient (Wildman–Crippen LogP) is 1.67. The Labute approximate surface area is 123 Å². The summed E-state index contributed by atoms with van der Waals surface area (Å²) in [6.45, 7) is 4.19. The van der Waals surface area contributed by atoms with Crippen LogP contribution in [0.15, 0.2) is 24.3 Å². The van der Waals surface area contributed by atoms with Crippen molar-refractivity contribution in [2.75, 3.05) is 6.54 Å². The van der Waals surface area contributed by atoms with Gasteiger partial charge in [-0.25, -0.2) is 4.98 Å². The number of hydrogen-bond donors (Lipinski definition) is 3. The van der Waals surface area contributed by atoms with E-state index in [9.17, 15) is 9.90 Å². The largest absolute Gasteiger partial charge is 0.393 e. The second kappa shape index (κ2) is 6.99. The summed E-state index contributed by atoms with van der Waals surface area (Å²) in [4.78, 5) is 16.3. The number of nitrogens with one attached hydrogen (secondary N) is 2. The van der Waals surface area contributed by atoms with Crippen LogP contribution in [0.3, 0.4) is 0 Å². The number of aryl methyl sites for hydroxylation is 1. The predicted molar refractivity (Wildman–Crippen MR) is 79.8 cm³/mol. The first-order valence-electron chi connectivity index (χ1n) is 7.06. The Morgan fingerprint density at radius 3 is 2.95 bits per heavy atom. The van der Waals surface area contributed by atoms with E-state index in [1.807, 2.05) is 19.9 Å². The van der Waals surface area contributed by atoms with Crippen molar-refractivity contribution in [3.8, 4) is 11.4 Å². The average molecular weight is 288 g/mol. The molecule has 0 saturated carbocycles. The zero-order chi connectivity index (χ0) is 15.2. The summed E-state index contributed by atoms with van der Waals surface area (Å²) in [6.07, 6.45) is 0.880. The quantitative estimate of drug-likeness (QED) is 0.754. The Bertz CT molecular complexity index is 609. The van der Waals surface area contributed by atoms with Crippen LogP contribution in [-0.4, -0.2) is 38.8 Å². The molecule has 0 bridgehead atoms. The first kappa shape index (κ1) is 15.2. The summed E-state index contributed by atoms with van der Waals surface area (Å²) in [5.41, 5.74) is 1.35. The van der Waals surface area contributed by atoms with E-state index in [1.165, 1.54) is 0 Å². The smallest absolute Gasteiger partial charge is 0.251 e. The summed E-state index contributed by atoms with van der Waals surface area (Å²) in [6, 6.07) is 7.17. The zero-order valence-electron chi connectivity index (χ0n) is 12.3. The molecule has 0 spiro atoms. The lowest BCUT2D eigenvalue weighted by Gasteiger charge is -2.09. The number of amides is 1. The number of benzene rings is 1. The monoisotopic (exact) mass is 288 g/mol. The van der Waals surface area contributed by atoms with Crippen molar-refractivity contribution in [1.29, 1.82) is 0 Å². The lowest BCUT2D eigenvalue weighted by atomic mass is 10.1. The van der Waals surface area contributed by atoms with Crippen LogP contribution >= 0.6 is 0 Å². The molecule has 112 valence electrons. The molecule has 0 aliphatic carbocycles. The number of nitrogens with zero attached hydrogens (tertiary/aromatic N) is 2. The van der Waals surface area contributed by atoms with Crippen LogP contribution in [0, 0.1) is 6.92 Å². The third-order valence-corrected chi connectivity index (χ3v) is 3.21. The SMILES string of the molecule is CCC(O)CCNC(=O)c1cccc(-c2n[nH]c(C)n2)c1. The van der Waals surface area contributed by atoms with E-state index < -0.39 is 0 Å². The molecule has 1 unspecified atom stereocenters. The second-order valence-electron chi connectivity index (χ2n) is 4.93. The number of aromatic amines is 1. The Balaban J connectivity index is 2.02. The van der Waals surface area contributed by atoms with E-state index in [-0.39, 0.29) is 12.0 Å². The first-order chi connectivity index (χ1) is 10.1. The maximum Gasteiger partial charge on any atom is 0.251 e. The fourth-order valence-corrected chi connectivity index (χ4v) is 1.93. The topological polar surface area (TPSA) is 90.9 Å². The molecular weight excluding hydrogens is 268 g/mol. The van der Waals surface area contributed by atoms with Crippen molar-refractivity contribution < 1.29 is 9.90 Å². The van der Waals surface area contributed by atoms with Gasteiger partial charge in [-0.2, -0.15) is 5.10 Å². The lowest BCUT2D eigenvalue weighted by Crippen LogP contribution is -2.27. The maximum absolute atomic E-state index is 12.1. The molecular formula is C15H20N4O2. The Hall–Kier alpha value is -2.21. The average Bonchev–Trinajstić information content (AvgIpc) is 2.93. The summed E-state index contributed by atoms with van der Waals surface area (Å²) in [5, 5.41) is 19.1. The van der Waals surface area contributed by atoms with Crippen LogP contribution in [0.5, 0.6) is 0 Å². The van der Waals surface area contributed by atoms with Crippen molar-refractivity contribution in [2.45, 2.75) is 32.8 Å². The van der Waals surface area contributed by atoms with E-state index in [0.717, 1.165) is 11.4 Å². The van der Waals surface area contributed by atoms with Gasteiger partial charge < -0.3 is 10.4 Å². The number of aliphatic hydroxyl groups excluding tert-OH is 1. The first-order valence-corrected chi connectivity index (χ1v) is 7.06. The number of H-pyrrole nitrogens is 1. The van der Waals surface area contributed by atoms with Gasteiger partial charge in [0, 0.05) is 17.7 Å². The highest BCUT2D eigenvalue weighted by atomic mass is 16.3. The van der Waals surface area contributed by atoms with Crippen molar-refractivity contribution in [3.63, 3.8) is 0 Å². The number of carbonyl (C=O) groups is 1. The fourth-order valence-electron chi connectivity index (χ4n) is 1.93. The van der Waals surface area contributed by atoms with Crippen LogP contribution in [0.4, 0.5) is 0 Å².